The lowest BCUT2D eigenvalue weighted by Gasteiger charge is -2.11. The minimum Gasteiger partial charge on any atom is -0.493 e. The largest absolute Gasteiger partial charge is 0.493 e. The molecule has 0 radical (unpaired) electrons. The molecule has 1 aromatic carbocycles. The average molecular weight is 252 g/mol. The molecule has 0 heterocycles. The molecule has 0 aliphatic heterocycles. The summed E-state index contributed by atoms with van der Waals surface area (Å²) in [5.74, 6) is 1.59. The van der Waals surface area contributed by atoms with Crippen molar-refractivity contribution < 1.29 is 9.47 Å². The summed E-state index contributed by atoms with van der Waals surface area (Å²) in [7, 11) is 1.66. The van der Waals surface area contributed by atoms with Crippen LogP contribution in [-0.2, 0) is 6.54 Å². The molecule has 0 amide bonds. The van der Waals surface area contributed by atoms with Crippen molar-refractivity contribution in [3.8, 4) is 11.5 Å². The molecule has 18 heavy (non-hydrogen) atoms. The second-order valence-electron chi connectivity index (χ2n) is 4.09. The first-order chi connectivity index (χ1) is 8.81. The number of ether oxygens (including phenoxy) is 2. The average Bonchev–Trinajstić information content (AvgIpc) is 2.40. The molecule has 0 atom stereocenters. The Labute approximate surface area is 109 Å². The molecule has 0 saturated heterocycles. The number of hydrogen-bond donors (Lipinski definition) is 2. The van der Waals surface area contributed by atoms with Crippen LogP contribution in [-0.4, -0.2) is 26.8 Å². The third-order valence-electron chi connectivity index (χ3n) is 2.66. The lowest BCUT2D eigenvalue weighted by Crippen LogP contribution is -2.15. The van der Waals surface area contributed by atoms with Gasteiger partial charge >= 0.3 is 0 Å². The van der Waals surface area contributed by atoms with E-state index in [1.165, 1.54) is 5.56 Å². The van der Waals surface area contributed by atoms with Gasteiger partial charge in [-0.25, -0.2) is 0 Å². The maximum atomic E-state index is 5.48. The number of nitrogens with one attached hydrogen (secondary N) is 1. The van der Waals surface area contributed by atoms with E-state index in [2.05, 4.69) is 11.4 Å². The zero-order valence-electron chi connectivity index (χ0n) is 11.4. The normalized spacial score (nSPS) is 10.4. The van der Waals surface area contributed by atoms with Crippen LogP contribution in [0.1, 0.15) is 25.3 Å². The molecule has 0 unspecified atom stereocenters. The second-order valence-corrected chi connectivity index (χ2v) is 4.09. The summed E-state index contributed by atoms with van der Waals surface area (Å²) >= 11 is 0. The van der Waals surface area contributed by atoms with Gasteiger partial charge < -0.3 is 20.5 Å². The zero-order valence-corrected chi connectivity index (χ0v) is 11.4. The van der Waals surface area contributed by atoms with Gasteiger partial charge in [-0.3, -0.25) is 0 Å². The van der Waals surface area contributed by atoms with E-state index < -0.39 is 0 Å². The maximum absolute atomic E-state index is 5.48. The van der Waals surface area contributed by atoms with Gasteiger partial charge in [0.1, 0.15) is 0 Å². The van der Waals surface area contributed by atoms with Crippen LogP contribution in [0.3, 0.4) is 0 Å². The Kier molecular flexibility index (Phi) is 7.22. The van der Waals surface area contributed by atoms with Crippen LogP contribution in [0.4, 0.5) is 0 Å². The summed E-state index contributed by atoms with van der Waals surface area (Å²) < 4.78 is 10.8. The van der Waals surface area contributed by atoms with E-state index in [1.807, 2.05) is 19.1 Å². The van der Waals surface area contributed by atoms with Crippen LogP contribution in [0.5, 0.6) is 11.5 Å². The first-order valence-electron chi connectivity index (χ1n) is 6.52. The summed E-state index contributed by atoms with van der Waals surface area (Å²) in [5.41, 5.74) is 6.64. The van der Waals surface area contributed by atoms with Crippen LogP contribution in [0.25, 0.3) is 0 Å². The first-order valence-corrected chi connectivity index (χ1v) is 6.52. The van der Waals surface area contributed by atoms with E-state index in [9.17, 15) is 0 Å². The Morgan fingerprint density at radius 3 is 2.72 bits per heavy atom. The van der Waals surface area contributed by atoms with Gasteiger partial charge in [0.05, 0.1) is 13.7 Å². The van der Waals surface area contributed by atoms with Crippen molar-refractivity contribution in [1.29, 1.82) is 0 Å². The van der Waals surface area contributed by atoms with Gasteiger partial charge in [0.15, 0.2) is 11.5 Å². The molecule has 0 saturated carbocycles. The lowest BCUT2D eigenvalue weighted by molar-refractivity contribution is 0.310. The highest BCUT2D eigenvalue weighted by Crippen LogP contribution is 2.27. The van der Waals surface area contributed by atoms with Crippen LogP contribution in [0, 0.1) is 0 Å². The first kappa shape index (κ1) is 14.8. The minimum absolute atomic E-state index is 0.646. The summed E-state index contributed by atoms with van der Waals surface area (Å²) in [6, 6.07) is 6.03. The highest BCUT2D eigenvalue weighted by molar-refractivity contribution is 5.42. The lowest BCUT2D eigenvalue weighted by atomic mass is 10.2. The molecule has 0 aliphatic carbocycles. The van der Waals surface area contributed by atoms with Crippen LogP contribution in [0.15, 0.2) is 18.2 Å². The summed E-state index contributed by atoms with van der Waals surface area (Å²) in [5, 5.41) is 3.39. The van der Waals surface area contributed by atoms with E-state index in [0.29, 0.717) is 6.61 Å². The van der Waals surface area contributed by atoms with Crippen molar-refractivity contribution in [2.24, 2.45) is 5.73 Å². The van der Waals surface area contributed by atoms with E-state index >= 15 is 0 Å². The SMILES string of the molecule is CCOc1ccc(CNCCCCN)cc1OC. The molecular formula is C14H24N2O2. The monoisotopic (exact) mass is 252 g/mol. The summed E-state index contributed by atoms with van der Waals surface area (Å²) in [4.78, 5) is 0. The standard InChI is InChI=1S/C14H24N2O2/c1-3-18-13-7-6-12(10-14(13)17-2)11-16-9-5-4-8-15/h6-7,10,16H,3-5,8-9,11,15H2,1-2H3. The van der Waals surface area contributed by atoms with Crippen molar-refractivity contribution in [2.75, 3.05) is 26.8 Å². The molecule has 4 heteroatoms. The molecule has 1 aromatic rings. The third kappa shape index (κ3) is 4.94. The smallest absolute Gasteiger partial charge is 0.161 e. The Hall–Kier alpha value is -1.26. The molecule has 1 rings (SSSR count). The van der Waals surface area contributed by atoms with E-state index in [1.54, 1.807) is 7.11 Å². The van der Waals surface area contributed by atoms with Crippen molar-refractivity contribution in [2.45, 2.75) is 26.3 Å². The number of unbranched alkanes of at least 4 members (excludes halogenated alkanes) is 1. The predicted octanol–water partition coefficient (Wildman–Crippen LogP) is 1.92. The van der Waals surface area contributed by atoms with Crippen LogP contribution >= 0.6 is 0 Å². The van der Waals surface area contributed by atoms with Crippen molar-refractivity contribution in [3.05, 3.63) is 23.8 Å². The molecule has 102 valence electrons. The highest BCUT2D eigenvalue weighted by Gasteiger charge is 2.04. The van der Waals surface area contributed by atoms with Gasteiger partial charge in [-0.1, -0.05) is 6.07 Å². The molecule has 4 nitrogen and oxygen atoms in total. The van der Waals surface area contributed by atoms with Crippen molar-refractivity contribution >= 4 is 0 Å². The van der Waals surface area contributed by atoms with Gasteiger partial charge in [0.2, 0.25) is 0 Å². The predicted molar refractivity (Wildman–Crippen MR) is 74.2 cm³/mol. The minimum atomic E-state index is 0.646. The van der Waals surface area contributed by atoms with Crippen LogP contribution in [0.2, 0.25) is 0 Å². The Morgan fingerprint density at radius 1 is 1.22 bits per heavy atom. The molecule has 0 spiro atoms. The van der Waals surface area contributed by atoms with Crippen LogP contribution < -0.4 is 20.5 Å². The van der Waals surface area contributed by atoms with Gasteiger partial charge in [-0.2, -0.15) is 0 Å². The Morgan fingerprint density at radius 2 is 2.06 bits per heavy atom. The van der Waals surface area contributed by atoms with E-state index in [0.717, 1.165) is 44.0 Å². The maximum Gasteiger partial charge on any atom is 0.161 e. The Bertz CT molecular complexity index is 343. The number of rotatable bonds is 9. The fourth-order valence-corrected chi connectivity index (χ4v) is 1.72. The molecule has 0 bridgehead atoms. The van der Waals surface area contributed by atoms with Gasteiger partial charge in [0.25, 0.3) is 0 Å². The van der Waals surface area contributed by atoms with Crippen molar-refractivity contribution in [1.82, 2.24) is 5.32 Å². The summed E-state index contributed by atoms with van der Waals surface area (Å²) in [6.45, 7) is 5.21. The molecule has 0 aliphatic rings. The highest BCUT2D eigenvalue weighted by atomic mass is 16.5. The zero-order chi connectivity index (χ0) is 13.2. The molecule has 3 N–H and O–H groups in total. The molecular weight excluding hydrogens is 228 g/mol. The third-order valence-corrected chi connectivity index (χ3v) is 2.66. The number of benzene rings is 1. The fourth-order valence-electron chi connectivity index (χ4n) is 1.72. The topological polar surface area (TPSA) is 56.5 Å². The number of hydrogen-bond acceptors (Lipinski definition) is 4. The fraction of sp³-hybridized carbons (Fsp3) is 0.571. The van der Waals surface area contributed by atoms with E-state index in [4.69, 9.17) is 15.2 Å². The van der Waals surface area contributed by atoms with Gasteiger partial charge in [-0.15, -0.1) is 0 Å². The van der Waals surface area contributed by atoms with Gasteiger partial charge in [-0.05, 0) is 50.6 Å². The molecule has 0 aromatic heterocycles. The Balaban J connectivity index is 2.46. The summed E-state index contributed by atoms with van der Waals surface area (Å²) in [6.07, 6.45) is 2.18. The number of nitrogens with two attached hydrogens (primary N) is 1. The van der Waals surface area contributed by atoms with Crippen molar-refractivity contribution in [3.63, 3.8) is 0 Å². The quantitative estimate of drug-likeness (QED) is 0.659. The molecule has 0 fully saturated rings. The second kappa shape index (κ2) is 8.78. The van der Waals surface area contributed by atoms with E-state index in [-0.39, 0.29) is 0 Å². The van der Waals surface area contributed by atoms with Gasteiger partial charge in [0, 0.05) is 6.54 Å². The number of methoxy groups -OCH3 is 1.